The van der Waals surface area contributed by atoms with Crippen molar-refractivity contribution in [1.82, 2.24) is 5.32 Å². The lowest BCUT2D eigenvalue weighted by Crippen LogP contribution is -2.50. The smallest absolute Gasteiger partial charge is 0.330 e. The quantitative estimate of drug-likeness (QED) is 0.884. The minimum absolute atomic E-state index is 0.309. The first-order valence-electron chi connectivity index (χ1n) is 6.45. The van der Waals surface area contributed by atoms with Gasteiger partial charge in [0.15, 0.2) is 0 Å². The third kappa shape index (κ3) is 2.86. The molecule has 0 saturated carbocycles. The van der Waals surface area contributed by atoms with Crippen molar-refractivity contribution in [1.29, 1.82) is 0 Å². The zero-order valence-electron chi connectivity index (χ0n) is 12.1. The lowest BCUT2D eigenvalue weighted by Gasteiger charge is -2.23. The van der Waals surface area contributed by atoms with Crippen molar-refractivity contribution in [3.8, 4) is 0 Å². The van der Waals surface area contributed by atoms with Gasteiger partial charge < -0.3 is 10.1 Å². The highest BCUT2D eigenvalue weighted by Gasteiger charge is 2.31. The van der Waals surface area contributed by atoms with Crippen LogP contribution >= 0.6 is 0 Å². The van der Waals surface area contributed by atoms with Gasteiger partial charge in [0.1, 0.15) is 11.4 Å². The Balaban J connectivity index is 2.41. The van der Waals surface area contributed by atoms with Crippen molar-refractivity contribution in [3.63, 3.8) is 0 Å². The molecule has 0 fully saturated rings. The second-order valence-corrected chi connectivity index (χ2v) is 5.21. The Hall–Kier alpha value is -2.43. The van der Waals surface area contributed by atoms with Gasteiger partial charge in [-0.05, 0) is 31.4 Å². The molecule has 0 radical (unpaired) electrons. The summed E-state index contributed by atoms with van der Waals surface area (Å²) in [5.41, 5.74) is -0.856. The highest BCUT2D eigenvalue weighted by Crippen LogP contribution is 2.22. The molecule has 1 amide bonds. The molecule has 4 nitrogen and oxygen atoms in total. The highest BCUT2D eigenvalue weighted by atomic mass is 19.1. The molecule has 1 N–H and O–H groups in total. The number of hydrogen-bond acceptors (Lipinski definition) is 3. The summed E-state index contributed by atoms with van der Waals surface area (Å²) in [7, 11) is 1.25. The minimum Gasteiger partial charge on any atom is -0.467 e. The number of amides is 1. The van der Waals surface area contributed by atoms with Gasteiger partial charge in [-0.15, -0.1) is 0 Å². The molecule has 0 saturated heterocycles. The van der Waals surface area contributed by atoms with Crippen LogP contribution < -0.4 is 5.32 Å². The van der Waals surface area contributed by atoms with Crippen LogP contribution in [0.15, 0.2) is 36.4 Å². The number of ether oxygens (including phenoxy) is 1. The van der Waals surface area contributed by atoms with Crippen molar-refractivity contribution in [2.45, 2.75) is 19.4 Å². The average molecular weight is 289 g/mol. The lowest BCUT2D eigenvalue weighted by atomic mass is 10.0. The monoisotopic (exact) mass is 289 g/mol. The molecule has 2 rings (SSSR count). The SMILES string of the molecule is COC(=O)C(C)(C)NC(=O)c1ccc(F)c2ccccc12. The fourth-order valence-electron chi connectivity index (χ4n) is 2.12. The fraction of sp³-hybridized carbons (Fsp3) is 0.250. The van der Waals surface area contributed by atoms with E-state index < -0.39 is 23.2 Å². The maximum absolute atomic E-state index is 13.7. The van der Waals surface area contributed by atoms with Gasteiger partial charge in [-0.2, -0.15) is 0 Å². The van der Waals surface area contributed by atoms with E-state index in [0.717, 1.165) is 0 Å². The van der Waals surface area contributed by atoms with E-state index in [1.54, 1.807) is 38.1 Å². The summed E-state index contributed by atoms with van der Waals surface area (Å²) in [6.45, 7) is 3.09. The van der Waals surface area contributed by atoms with E-state index in [0.29, 0.717) is 16.3 Å². The molecule has 0 aliphatic carbocycles. The van der Waals surface area contributed by atoms with Crippen LogP contribution in [0.1, 0.15) is 24.2 Å². The maximum Gasteiger partial charge on any atom is 0.330 e. The Kier molecular flexibility index (Phi) is 3.93. The van der Waals surface area contributed by atoms with Gasteiger partial charge in [0.25, 0.3) is 5.91 Å². The van der Waals surface area contributed by atoms with Gasteiger partial charge in [-0.25, -0.2) is 9.18 Å². The number of benzene rings is 2. The molecule has 2 aromatic rings. The standard InChI is InChI=1S/C16H16FNO3/c1-16(2,15(20)21-3)18-14(19)12-8-9-13(17)11-7-5-4-6-10(11)12/h4-9H,1-3H3,(H,18,19). The predicted octanol–water partition coefficient (Wildman–Crippen LogP) is 2.66. The first-order chi connectivity index (χ1) is 9.86. The van der Waals surface area contributed by atoms with E-state index >= 15 is 0 Å². The van der Waals surface area contributed by atoms with E-state index in [2.05, 4.69) is 10.1 Å². The van der Waals surface area contributed by atoms with E-state index in [4.69, 9.17) is 0 Å². The Morgan fingerprint density at radius 1 is 1.10 bits per heavy atom. The van der Waals surface area contributed by atoms with E-state index in [-0.39, 0.29) is 0 Å². The molecule has 2 aromatic carbocycles. The van der Waals surface area contributed by atoms with Crippen LogP contribution in [0.25, 0.3) is 10.8 Å². The lowest BCUT2D eigenvalue weighted by molar-refractivity contribution is -0.146. The van der Waals surface area contributed by atoms with Crippen molar-refractivity contribution < 1.29 is 18.7 Å². The van der Waals surface area contributed by atoms with E-state index in [9.17, 15) is 14.0 Å². The number of hydrogen-bond donors (Lipinski definition) is 1. The molecule has 0 bridgehead atoms. The summed E-state index contributed by atoms with van der Waals surface area (Å²) >= 11 is 0. The van der Waals surface area contributed by atoms with E-state index in [1.165, 1.54) is 19.2 Å². The normalized spacial score (nSPS) is 11.2. The number of esters is 1. The molecular formula is C16H16FNO3. The molecule has 0 aliphatic rings. The van der Waals surface area contributed by atoms with Crippen molar-refractivity contribution in [2.75, 3.05) is 7.11 Å². The molecule has 110 valence electrons. The number of rotatable bonds is 3. The molecule has 0 spiro atoms. The van der Waals surface area contributed by atoms with Gasteiger partial charge >= 0.3 is 5.97 Å². The van der Waals surface area contributed by atoms with Crippen molar-refractivity contribution >= 4 is 22.6 Å². The topological polar surface area (TPSA) is 55.4 Å². The van der Waals surface area contributed by atoms with Gasteiger partial charge in [0.2, 0.25) is 0 Å². The predicted molar refractivity (Wildman–Crippen MR) is 77.5 cm³/mol. The Bertz CT molecular complexity index is 710. The molecule has 0 aromatic heterocycles. The molecule has 0 heterocycles. The van der Waals surface area contributed by atoms with Crippen LogP contribution in [0.3, 0.4) is 0 Å². The van der Waals surface area contributed by atoms with Crippen LogP contribution in [0.4, 0.5) is 4.39 Å². The van der Waals surface area contributed by atoms with E-state index in [1.807, 2.05) is 0 Å². The largest absolute Gasteiger partial charge is 0.467 e. The van der Waals surface area contributed by atoms with Crippen LogP contribution in [0.2, 0.25) is 0 Å². The summed E-state index contributed by atoms with van der Waals surface area (Å²) in [4.78, 5) is 24.0. The zero-order valence-corrected chi connectivity index (χ0v) is 12.1. The van der Waals surface area contributed by atoms with Crippen LogP contribution in [-0.4, -0.2) is 24.5 Å². The van der Waals surface area contributed by atoms with Crippen molar-refractivity contribution in [2.24, 2.45) is 0 Å². The van der Waals surface area contributed by atoms with Crippen molar-refractivity contribution in [3.05, 3.63) is 47.8 Å². The zero-order chi connectivity index (χ0) is 15.6. The number of carbonyl (C=O) groups excluding carboxylic acids is 2. The molecule has 0 atom stereocenters. The summed E-state index contributed by atoms with van der Waals surface area (Å²) < 4.78 is 18.4. The number of halogens is 1. The maximum atomic E-state index is 13.7. The summed E-state index contributed by atoms with van der Waals surface area (Å²) in [6.07, 6.45) is 0. The van der Waals surface area contributed by atoms with Crippen LogP contribution in [0, 0.1) is 5.82 Å². The van der Waals surface area contributed by atoms with Gasteiger partial charge in [0, 0.05) is 10.9 Å². The minimum atomic E-state index is -1.17. The molecule has 21 heavy (non-hydrogen) atoms. The third-order valence-corrected chi connectivity index (χ3v) is 3.24. The number of carbonyl (C=O) groups is 2. The molecule has 0 aliphatic heterocycles. The second kappa shape index (κ2) is 5.52. The highest BCUT2D eigenvalue weighted by molar-refractivity contribution is 6.08. The summed E-state index contributed by atoms with van der Waals surface area (Å²) in [6, 6.07) is 9.34. The number of methoxy groups -OCH3 is 1. The van der Waals surface area contributed by atoms with Gasteiger partial charge in [0.05, 0.1) is 7.11 Å². The summed E-state index contributed by atoms with van der Waals surface area (Å²) in [5.74, 6) is -1.40. The first kappa shape index (κ1) is 15.0. The molecular weight excluding hydrogens is 273 g/mol. The Labute approximate surface area is 121 Å². The second-order valence-electron chi connectivity index (χ2n) is 5.21. The Morgan fingerprint density at radius 3 is 2.33 bits per heavy atom. The Morgan fingerprint density at radius 2 is 1.71 bits per heavy atom. The van der Waals surface area contributed by atoms with Gasteiger partial charge in [-0.3, -0.25) is 4.79 Å². The number of nitrogens with one attached hydrogen (secondary N) is 1. The summed E-state index contributed by atoms with van der Waals surface area (Å²) in [5, 5.41) is 3.46. The van der Waals surface area contributed by atoms with Gasteiger partial charge in [-0.1, -0.05) is 24.3 Å². The van der Waals surface area contributed by atoms with Crippen LogP contribution in [-0.2, 0) is 9.53 Å². The molecule has 0 unspecified atom stereocenters. The number of fused-ring (bicyclic) bond motifs is 1. The average Bonchev–Trinajstić information content (AvgIpc) is 2.46. The first-order valence-corrected chi connectivity index (χ1v) is 6.45. The molecule has 5 heteroatoms. The fourth-order valence-corrected chi connectivity index (χ4v) is 2.12. The third-order valence-electron chi connectivity index (χ3n) is 3.24. The van der Waals surface area contributed by atoms with Crippen LogP contribution in [0.5, 0.6) is 0 Å².